The minimum absolute atomic E-state index is 0.0367. The second kappa shape index (κ2) is 5.79. The van der Waals surface area contributed by atoms with Crippen molar-refractivity contribution in [3.8, 4) is 0 Å². The van der Waals surface area contributed by atoms with Crippen LogP contribution in [0, 0.1) is 17.3 Å². The Morgan fingerprint density at radius 1 is 1.36 bits per heavy atom. The van der Waals surface area contributed by atoms with Gasteiger partial charge in [-0.3, -0.25) is 4.79 Å². The molecule has 1 aromatic rings. The first-order valence-corrected chi connectivity index (χ1v) is 9.17. The number of Topliss-reactive ketones (excluding diaryl/α,β-unsaturated/α-hetero) is 1. The summed E-state index contributed by atoms with van der Waals surface area (Å²) in [6.07, 6.45) is 6.43. The number of hydrogen-bond acceptors (Lipinski definition) is 5. The van der Waals surface area contributed by atoms with Crippen LogP contribution in [-0.2, 0) is 0 Å². The zero-order valence-electron chi connectivity index (χ0n) is 14.6. The van der Waals surface area contributed by atoms with Crippen LogP contribution in [0.25, 0.3) is 0 Å². The second-order valence-corrected chi connectivity index (χ2v) is 8.33. The molecule has 0 amide bonds. The molecule has 0 aliphatic heterocycles. The van der Waals surface area contributed by atoms with Crippen LogP contribution in [0.1, 0.15) is 67.7 Å². The number of rotatable bonds is 1. The molecule has 2 saturated carbocycles. The molecule has 2 fully saturated rings. The highest BCUT2D eigenvalue weighted by atomic mass is 16.4. The largest absolute Gasteiger partial charge is 0.466 e. The smallest absolute Gasteiger partial charge is 0.167 e. The van der Waals surface area contributed by atoms with Gasteiger partial charge in [0.25, 0.3) is 0 Å². The van der Waals surface area contributed by atoms with Crippen LogP contribution < -0.4 is 0 Å². The van der Waals surface area contributed by atoms with E-state index in [0.717, 1.165) is 19.3 Å². The van der Waals surface area contributed by atoms with Crippen LogP contribution in [0.4, 0.5) is 0 Å². The molecule has 3 aliphatic carbocycles. The molecule has 2 bridgehead atoms. The minimum atomic E-state index is -1.09. The lowest BCUT2D eigenvalue weighted by Crippen LogP contribution is -2.37. The average Bonchev–Trinajstić information content (AvgIpc) is 3.15. The molecule has 3 N–H and O–H groups in total. The van der Waals surface area contributed by atoms with Crippen molar-refractivity contribution in [1.82, 2.24) is 0 Å². The topological polar surface area (TPSA) is 90.9 Å². The number of aliphatic hydroxyl groups is 3. The van der Waals surface area contributed by atoms with E-state index < -0.39 is 11.7 Å². The molecule has 5 heteroatoms. The van der Waals surface area contributed by atoms with Crippen molar-refractivity contribution in [3.63, 3.8) is 0 Å². The van der Waals surface area contributed by atoms with Crippen LogP contribution >= 0.6 is 0 Å². The first-order valence-electron chi connectivity index (χ1n) is 9.17. The van der Waals surface area contributed by atoms with E-state index in [9.17, 15) is 20.1 Å². The van der Waals surface area contributed by atoms with Crippen molar-refractivity contribution < 1.29 is 24.5 Å². The maximum absolute atomic E-state index is 13.0. The Balaban J connectivity index is 1.79. The Kier molecular flexibility index (Phi) is 3.94. The molecule has 136 valence electrons. The standard InChI is InChI=1S/C20H26O5/c1-12-2-5-16(22)18-14(6-7-25-18)17(23)9-19-8-13(3-4-15(12)19)20(24,10-19)11-21/h2,6-7,13,15-16,21-22,24H,3-5,8-11H2,1H3. The first kappa shape index (κ1) is 17.0. The average molecular weight is 346 g/mol. The summed E-state index contributed by atoms with van der Waals surface area (Å²) in [5, 5.41) is 31.1. The summed E-state index contributed by atoms with van der Waals surface area (Å²) >= 11 is 0. The summed E-state index contributed by atoms with van der Waals surface area (Å²) in [5.74, 6) is 0.553. The molecule has 5 atom stereocenters. The summed E-state index contributed by atoms with van der Waals surface area (Å²) in [6, 6.07) is 1.64. The molecule has 25 heavy (non-hydrogen) atoms. The van der Waals surface area contributed by atoms with Gasteiger partial charge in [-0.25, -0.2) is 0 Å². The Bertz CT molecular complexity index is 719. The van der Waals surface area contributed by atoms with E-state index in [0.29, 0.717) is 30.6 Å². The van der Waals surface area contributed by atoms with Gasteiger partial charge in [0, 0.05) is 6.42 Å². The number of furan rings is 1. The van der Waals surface area contributed by atoms with E-state index in [2.05, 4.69) is 13.0 Å². The van der Waals surface area contributed by atoms with Gasteiger partial charge in [-0.05, 0) is 62.3 Å². The van der Waals surface area contributed by atoms with Crippen molar-refractivity contribution >= 4 is 5.78 Å². The zero-order valence-corrected chi connectivity index (χ0v) is 14.6. The number of carbonyl (C=O) groups excluding carboxylic acids is 1. The number of fused-ring (bicyclic) bond motifs is 2. The number of ketones is 1. The minimum Gasteiger partial charge on any atom is -0.466 e. The Labute approximate surface area is 147 Å². The summed E-state index contributed by atoms with van der Waals surface area (Å²) in [4.78, 5) is 13.0. The molecule has 5 nitrogen and oxygen atoms in total. The van der Waals surface area contributed by atoms with Gasteiger partial charge in [0.2, 0.25) is 0 Å². The van der Waals surface area contributed by atoms with Crippen molar-refractivity contribution in [1.29, 1.82) is 0 Å². The quantitative estimate of drug-likeness (QED) is 0.680. The van der Waals surface area contributed by atoms with Crippen molar-refractivity contribution in [2.45, 2.75) is 57.2 Å². The van der Waals surface area contributed by atoms with Crippen molar-refractivity contribution in [2.75, 3.05) is 6.61 Å². The lowest BCUT2D eigenvalue weighted by molar-refractivity contribution is -0.0471. The number of aliphatic hydroxyl groups excluding tert-OH is 2. The first-order chi connectivity index (χ1) is 11.9. The molecule has 1 spiro atoms. The van der Waals surface area contributed by atoms with Crippen LogP contribution in [0.3, 0.4) is 0 Å². The van der Waals surface area contributed by atoms with E-state index in [1.54, 1.807) is 6.07 Å². The summed E-state index contributed by atoms with van der Waals surface area (Å²) in [7, 11) is 0. The maximum atomic E-state index is 13.0. The number of hydrogen-bond donors (Lipinski definition) is 3. The summed E-state index contributed by atoms with van der Waals surface area (Å²) < 4.78 is 5.39. The Hall–Kier alpha value is -1.43. The van der Waals surface area contributed by atoms with Crippen molar-refractivity contribution in [3.05, 3.63) is 35.3 Å². The molecule has 3 aliphatic rings. The van der Waals surface area contributed by atoms with Gasteiger partial charge >= 0.3 is 0 Å². The maximum Gasteiger partial charge on any atom is 0.167 e. The molecule has 0 saturated heterocycles. The summed E-state index contributed by atoms with van der Waals surface area (Å²) in [5.41, 5.74) is 0.213. The fourth-order valence-electron chi connectivity index (χ4n) is 5.74. The van der Waals surface area contributed by atoms with E-state index in [1.165, 1.54) is 11.8 Å². The highest BCUT2D eigenvalue weighted by Gasteiger charge is 2.60. The fraction of sp³-hybridized carbons (Fsp3) is 0.650. The van der Waals surface area contributed by atoms with Crippen LogP contribution in [0.5, 0.6) is 0 Å². The zero-order chi connectivity index (χ0) is 17.8. The van der Waals surface area contributed by atoms with E-state index in [4.69, 9.17) is 4.42 Å². The lowest BCUT2D eigenvalue weighted by atomic mass is 9.62. The molecule has 0 aromatic carbocycles. The van der Waals surface area contributed by atoms with Gasteiger partial charge in [-0.1, -0.05) is 11.6 Å². The predicted octanol–water partition coefficient (Wildman–Crippen LogP) is 2.77. The van der Waals surface area contributed by atoms with Crippen LogP contribution in [-0.4, -0.2) is 33.3 Å². The van der Waals surface area contributed by atoms with Gasteiger partial charge in [0.1, 0.15) is 11.9 Å². The highest BCUT2D eigenvalue weighted by Crippen LogP contribution is 2.62. The molecule has 1 heterocycles. The number of carbonyl (C=O) groups is 1. The normalized spacial score (nSPS) is 41.0. The van der Waals surface area contributed by atoms with E-state index in [-0.39, 0.29) is 29.6 Å². The van der Waals surface area contributed by atoms with Gasteiger partial charge in [0.15, 0.2) is 5.78 Å². The van der Waals surface area contributed by atoms with Gasteiger partial charge in [0.05, 0.1) is 24.0 Å². The van der Waals surface area contributed by atoms with Gasteiger partial charge in [-0.15, -0.1) is 0 Å². The molecule has 0 radical (unpaired) electrons. The molecule has 4 rings (SSSR count). The third-order valence-electron chi connectivity index (χ3n) is 6.91. The van der Waals surface area contributed by atoms with Crippen LogP contribution in [0.15, 0.2) is 28.4 Å². The molecule has 1 aromatic heterocycles. The number of allylic oxidation sites excluding steroid dienone is 1. The fourth-order valence-corrected chi connectivity index (χ4v) is 5.74. The SMILES string of the molecule is CC1=CCC(O)c2occc2C(=O)CC23CC(CCC12)C(O)(CO)C3. The third-order valence-corrected chi connectivity index (χ3v) is 6.91. The van der Waals surface area contributed by atoms with E-state index >= 15 is 0 Å². The van der Waals surface area contributed by atoms with Crippen molar-refractivity contribution in [2.24, 2.45) is 17.3 Å². The van der Waals surface area contributed by atoms with Gasteiger partial charge in [-0.2, -0.15) is 0 Å². The molecular weight excluding hydrogens is 320 g/mol. The van der Waals surface area contributed by atoms with Crippen LogP contribution in [0.2, 0.25) is 0 Å². The van der Waals surface area contributed by atoms with E-state index in [1.807, 2.05) is 0 Å². The monoisotopic (exact) mass is 346 g/mol. The Morgan fingerprint density at radius 3 is 2.92 bits per heavy atom. The third kappa shape index (κ3) is 2.52. The predicted molar refractivity (Wildman–Crippen MR) is 90.9 cm³/mol. The molecule has 5 unspecified atom stereocenters. The lowest BCUT2D eigenvalue weighted by Gasteiger charge is -2.42. The molecular formula is C20H26O5. The highest BCUT2D eigenvalue weighted by molar-refractivity contribution is 5.97. The van der Waals surface area contributed by atoms with Gasteiger partial charge < -0.3 is 19.7 Å². The Morgan fingerprint density at radius 2 is 2.16 bits per heavy atom. The summed E-state index contributed by atoms with van der Waals surface area (Å²) in [6.45, 7) is 1.81. The second-order valence-electron chi connectivity index (χ2n) is 8.33.